The molecule has 142 valence electrons. The van der Waals surface area contributed by atoms with E-state index < -0.39 is 0 Å². The molecule has 2 bridgehead atoms. The number of amides is 1. The highest BCUT2D eigenvalue weighted by molar-refractivity contribution is 5.95. The minimum atomic E-state index is 0.121. The van der Waals surface area contributed by atoms with Gasteiger partial charge in [-0.1, -0.05) is 12.1 Å². The number of rotatable bonds is 3. The number of nitrogens with zero attached hydrogens (tertiary/aromatic N) is 4. The molecule has 6 heteroatoms. The lowest BCUT2D eigenvalue weighted by Gasteiger charge is -2.26. The number of benzene rings is 1. The maximum atomic E-state index is 13.0. The number of likely N-dealkylation sites (tertiary alicyclic amines) is 1. The van der Waals surface area contributed by atoms with Gasteiger partial charge in [-0.2, -0.15) is 0 Å². The highest BCUT2D eigenvalue weighted by Crippen LogP contribution is 2.31. The fraction of sp³-hybridized carbons (Fsp3) is 0.476. The molecular weight excluding hydrogens is 340 g/mol. The fourth-order valence-corrected chi connectivity index (χ4v) is 4.39. The van der Waals surface area contributed by atoms with Crippen molar-refractivity contribution in [3.8, 4) is 17.0 Å². The molecule has 1 amide bonds. The maximum absolute atomic E-state index is 13.0. The van der Waals surface area contributed by atoms with Crippen molar-refractivity contribution >= 4 is 5.91 Å². The number of methoxy groups -OCH3 is 1. The zero-order chi connectivity index (χ0) is 19.0. The van der Waals surface area contributed by atoms with Crippen LogP contribution in [0.3, 0.4) is 0 Å². The molecule has 0 aliphatic carbocycles. The van der Waals surface area contributed by atoms with Crippen molar-refractivity contribution in [3.05, 3.63) is 41.9 Å². The summed E-state index contributed by atoms with van der Waals surface area (Å²) in [6.07, 6.45) is 5.02. The second kappa shape index (κ2) is 7.27. The molecule has 2 aromatic rings. The summed E-state index contributed by atoms with van der Waals surface area (Å²) in [4.78, 5) is 26.0. The second-order valence-corrected chi connectivity index (χ2v) is 7.51. The summed E-state index contributed by atoms with van der Waals surface area (Å²) in [6, 6.07) is 8.83. The first kappa shape index (κ1) is 17.9. The van der Waals surface area contributed by atoms with E-state index in [0.717, 1.165) is 41.9 Å². The molecule has 0 saturated carbocycles. The van der Waals surface area contributed by atoms with Crippen molar-refractivity contribution in [1.29, 1.82) is 0 Å². The van der Waals surface area contributed by atoms with E-state index >= 15 is 0 Å². The maximum Gasteiger partial charge on any atom is 0.253 e. The Morgan fingerprint density at radius 2 is 1.85 bits per heavy atom. The van der Waals surface area contributed by atoms with Crippen molar-refractivity contribution < 1.29 is 9.53 Å². The van der Waals surface area contributed by atoms with Crippen molar-refractivity contribution in [2.75, 3.05) is 27.2 Å². The fourth-order valence-electron chi connectivity index (χ4n) is 4.39. The monoisotopic (exact) mass is 366 g/mol. The van der Waals surface area contributed by atoms with E-state index in [0.29, 0.717) is 18.0 Å². The van der Waals surface area contributed by atoms with Crippen LogP contribution in [0.4, 0.5) is 0 Å². The van der Waals surface area contributed by atoms with Gasteiger partial charge >= 0.3 is 0 Å². The quantitative estimate of drug-likeness (QED) is 0.836. The Labute approximate surface area is 160 Å². The Balaban J connectivity index is 1.55. The molecule has 2 aliphatic rings. The topological polar surface area (TPSA) is 58.6 Å². The molecule has 2 atom stereocenters. The standard InChI is InChI=1S/C21H26N4O2/c1-14-19(20(27-3)23-13-22-14)15-4-6-16(7-5-15)21(26)25-11-10-17-8-9-18(12-25)24(17)2/h4-7,13,17-18H,8-12H2,1-3H3/t17-,18+/m0/s1. The van der Waals surface area contributed by atoms with Crippen molar-refractivity contribution in [2.24, 2.45) is 0 Å². The Hall–Kier alpha value is -2.47. The molecular formula is C21H26N4O2. The van der Waals surface area contributed by atoms with Crippen molar-refractivity contribution in [3.63, 3.8) is 0 Å². The summed E-state index contributed by atoms with van der Waals surface area (Å²) in [5.74, 6) is 0.670. The third-order valence-electron chi connectivity index (χ3n) is 6.05. The third-order valence-corrected chi connectivity index (χ3v) is 6.05. The van der Waals surface area contributed by atoms with Gasteiger partial charge in [0.05, 0.1) is 18.4 Å². The smallest absolute Gasteiger partial charge is 0.253 e. The first-order chi connectivity index (χ1) is 13.1. The number of aromatic nitrogens is 2. The lowest BCUT2D eigenvalue weighted by atomic mass is 10.0. The minimum absolute atomic E-state index is 0.121. The van der Waals surface area contributed by atoms with Gasteiger partial charge in [-0.15, -0.1) is 0 Å². The summed E-state index contributed by atoms with van der Waals surface area (Å²) in [5, 5.41) is 0. The average Bonchev–Trinajstić information content (AvgIpc) is 2.93. The number of likely N-dealkylation sites (N-methyl/N-ethyl adjacent to an activating group) is 1. The van der Waals surface area contributed by atoms with E-state index in [1.807, 2.05) is 36.1 Å². The van der Waals surface area contributed by atoms with Crippen LogP contribution in [0.25, 0.3) is 11.1 Å². The Morgan fingerprint density at radius 1 is 1.11 bits per heavy atom. The SMILES string of the molecule is COc1ncnc(C)c1-c1ccc(C(=O)N2CC[C@@H]3CC[C@H](C2)N3C)cc1. The second-order valence-electron chi connectivity index (χ2n) is 7.51. The first-order valence-electron chi connectivity index (χ1n) is 9.55. The van der Waals surface area contributed by atoms with Crippen LogP contribution >= 0.6 is 0 Å². The molecule has 6 nitrogen and oxygen atoms in total. The molecule has 1 aromatic carbocycles. The number of aryl methyl sites for hydroxylation is 1. The molecule has 0 spiro atoms. The van der Waals surface area contributed by atoms with Gasteiger partial charge in [0.15, 0.2) is 0 Å². The van der Waals surface area contributed by atoms with Crippen LogP contribution in [-0.4, -0.2) is 65.0 Å². The van der Waals surface area contributed by atoms with Gasteiger partial charge in [0, 0.05) is 30.7 Å². The lowest BCUT2D eigenvalue weighted by molar-refractivity contribution is 0.0740. The number of hydrogen-bond acceptors (Lipinski definition) is 5. The average molecular weight is 366 g/mol. The summed E-state index contributed by atoms with van der Waals surface area (Å²) >= 11 is 0. The molecule has 2 aliphatic heterocycles. The van der Waals surface area contributed by atoms with Crippen LogP contribution in [0.2, 0.25) is 0 Å². The van der Waals surface area contributed by atoms with Gasteiger partial charge in [-0.3, -0.25) is 9.69 Å². The molecule has 4 rings (SSSR count). The normalized spacial score (nSPS) is 22.6. The van der Waals surface area contributed by atoms with Gasteiger partial charge in [0.25, 0.3) is 5.91 Å². The van der Waals surface area contributed by atoms with Crippen molar-refractivity contribution in [2.45, 2.75) is 38.3 Å². The van der Waals surface area contributed by atoms with E-state index in [1.165, 1.54) is 19.2 Å². The Kier molecular flexibility index (Phi) is 4.83. The summed E-state index contributed by atoms with van der Waals surface area (Å²) < 4.78 is 5.37. The molecule has 0 radical (unpaired) electrons. The van der Waals surface area contributed by atoms with E-state index in [4.69, 9.17) is 4.74 Å². The van der Waals surface area contributed by atoms with E-state index in [1.54, 1.807) is 7.11 Å². The van der Waals surface area contributed by atoms with Crippen LogP contribution in [0.5, 0.6) is 5.88 Å². The largest absolute Gasteiger partial charge is 0.480 e. The number of hydrogen-bond donors (Lipinski definition) is 0. The lowest BCUT2D eigenvalue weighted by Crippen LogP contribution is -2.39. The first-order valence-corrected chi connectivity index (χ1v) is 9.55. The molecule has 0 N–H and O–H groups in total. The minimum Gasteiger partial charge on any atom is -0.480 e. The van der Waals surface area contributed by atoms with Crippen LogP contribution in [0.15, 0.2) is 30.6 Å². The van der Waals surface area contributed by atoms with E-state index in [-0.39, 0.29) is 5.91 Å². The Morgan fingerprint density at radius 3 is 2.59 bits per heavy atom. The number of carbonyl (C=O) groups excluding carboxylic acids is 1. The molecule has 3 heterocycles. The molecule has 0 unspecified atom stereocenters. The van der Waals surface area contributed by atoms with Crippen molar-refractivity contribution in [1.82, 2.24) is 19.8 Å². The highest BCUT2D eigenvalue weighted by Gasteiger charge is 2.36. The summed E-state index contributed by atoms with van der Waals surface area (Å²) in [5.41, 5.74) is 3.41. The van der Waals surface area contributed by atoms with Gasteiger partial charge < -0.3 is 9.64 Å². The predicted octanol–water partition coefficient (Wildman–Crippen LogP) is 2.77. The Bertz CT molecular complexity index is 837. The third kappa shape index (κ3) is 3.30. The zero-order valence-corrected chi connectivity index (χ0v) is 16.2. The highest BCUT2D eigenvalue weighted by atomic mass is 16.5. The zero-order valence-electron chi connectivity index (χ0n) is 16.2. The molecule has 2 fully saturated rings. The summed E-state index contributed by atoms with van der Waals surface area (Å²) in [7, 11) is 3.80. The number of fused-ring (bicyclic) bond motifs is 2. The molecule has 1 aromatic heterocycles. The van der Waals surface area contributed by atoms with Crippen LogP contribution in [0.1, 0.15) is 35.3 Å². The van der Waals surface area contributed by atoms with Crippen LogP contribution in [-0.2, 0) is 0 Å². The van der Waals surface area contributed by atoms with Crippen LogP contribution < -0.4 is 4.74 Å². The van der Waals surface area contributed by atoms with E-state index in [9.17, 15) is 4.79 Å². The van der Waals surface area contributed by atoms with Gasteiger partial charge in [0.1, 0.15) is 6.33 Å². The number of ether oxygens (including phenoxy) is 1. The van der Waals surface area contributed by atoms with Gasteiger partial charge in [-0.05, 0) is 50.9 Å². The van der Waals surface area contributed by atoms with Crippen LogP contribution in [0, 0.1) is 6.92 Å². The van der Waals surface area contributed by atoms with Gasteiger partial charge in [0.2, 0.25) is 5.88 Å². The number of carbonyl (C=O) groups is 1. The molecule has 2 saturated heterocycles. The predicted molar refractivity (Wildman–Crippen MR) is 104 cm³/mol. The summed E-state index contributed by atoms with van der Waals surface area (Å²) in [6.45, 7) is 3.60. The molecule has 27 heavy (non-hydrogen) atoms. The van der Waals surface area contributed by atoms with Gasteiger partial charge in [-0.25, -0.2) is 9.97 Å². The van der Waals surface area contributed by atoms with E-state index in [2.05, 4.69) is 21.9 Å².